The summed E-state index contributed by atoms with van der Waals surface area (Å²) in [6, 6.07) is 0. The van der Waals surface area contributed by atoms with E-state index in [4.69, 9.17) is 34.8 Å². The van der Waals surface area contributed by atoms with Gasteiger partial charge in [0.2, 0.25) is 0 Å². The molecule has 0 spiro atoms. The molecule has 0 unspecified atom stereocenters. The van der Waals surface area contributed by atoms with Crippen LogP contribution >= 0.6 is 34.8 Å². The Bertz CT molecular complexity index is 459. The van der Waals surface area contributed by atoms with Gasteiger partial charge in [0.25, 0.3) is 5.24 Å². The Kier molecular flexibility index (Phi) is 4.00. The SMILES string of the molecule is C[Si](C)(C)c1c(F)c(Cl)nc(Cl)c1C(=O)Cl. The molecule has 0 N–H and O–H groups in total. The molecule has 0 atom stereocenters. The lowest BCUT2D eigenvalue weighted by molar-refractivity contribution is 0.108. The van der Waals surface area contributed by atoms with Crippen molar-refractivity contribution in [3.8, 4) is 0 Å². The van der Waals surface area contributed by atoms with Gasteiger partial charge in [0.05, 0.1) is 13.6 Å². The van der Waals surface area contributed by atoms with Crippen molar-refractivity contribution in [3.05, 3.63) is 21.7 Å². The van der Waals surface area contributed by atoms with Gasteiger partial charge < -0.3 is 0 Å². The van der Waals surface area contributed by atoms with Gasteiger partial charge in [-0.25, -0.2) is 9.37 Å². The molecule has 0 radical (unpaired) electrons. The van der Waals surface area contributed by atoms with Crippen molar-refractivity contribution >= 4 is 53.3 Å². The average Bonchev–Trinajstić information content (AvgIpc) is 2.07. The van der Waals surface area contributed by atoms with E-state index in [0.717, 1.165) is 0 Å². The van der Waals surface area contributed by atoms with Gasteiger partial charge in [-0.2, -0.15) is 0 Å². The number of aromatic nitrogens is 1. The second kappa shape index (κ2) is 4.60. The quantitative estimate of drug-likeness (QED) is 0.476. The zero-order valence-corrected chi connectivity index (χ0v) is 12.1. The minimum Gasteiger partial charge on any atom is -0.275 e. The highest BCUT2D eigenvalue weighted by atomic mass is 35.5. The van der Waals surface area contributed by atoms with Crippen molar-refractivity contribution in [3.63, 3.8) is 0 Å². The van der Waals surface area contributed by atoms with E-state index in [1.165, 1.54) is 0 Å². The van der Waals surface area contributed by atoms with Crippen LogP contribution in [0, 0.1) is 5.82 Å². The summed E-state index contributed by atoms with van der Waals surface area (Å²) >= 11 is 16.8. The largest absolute Gasteiger partial charge is 0.275 e. The van der Waals surface area contributed by atoms with Gasteiger partial charge in [-0.1, -0.05) is 42.8 Å². The highest BCUT2D eigenvalue weighted by Crippen LogP contribution is 2.23. The first-order valence-electron chi connectivity index (χ1n) is 4.41. The van der Waals surface area contributed by atoms with Crippen LogP contribution in [-0.4, -0.2) is 18.3 Å². The van der Waals surface area contributed by atoms with Crippen molar-refractivity contribution in [1.29, 1.82) is 0 Å². The van der Waals surface area contributed by atoms with E-state index in [1.807, 2.05) is 19.6 Å². The van der Waals surface area contributed by atoms with Crippen LogP contribution in [0.4, 0.5) is 4.39 Å². The minimum atomic E-state index is -2.14. The molecule has 7 heteroatoms. The lowest BCUT2D eigenvalue weighted by atomic mass is 10.3. The summed E-state index contributed by atoms with van der Waals surface area (Å²) in [4.78, 5) is 14.8. The van der Waals surface area contributed by atoms with E-state index in [0.29, 0.717) is 0 Å². The first-order valence-corrected chi connectivity index (χ1v) is 9.04. The zero-order chi connectivity index (χ0) is 12.7. The molecule has 1 heterocycles. The third kappa shape index (κ3) is 2.56. The molecule has 0 aliphatic carbocycles. The second-order valence-electron chi connectivity index (χ2n) is 4.28. The Hall–Kier alpha value is -0.163. The number of carbonyl (C=O) groups excluding carboxylic acids is 1. The number of hydrogen-bond acceptors (Lipinski definition) is 2. The molecule has 2 nitrogen and oxygen atoms in total. The summed E-state index contributed by atoms with van der Waals surface area (Å²) in [5, 5.41) is -1.07. The summed E-state index contributed by atoms with van der Waals surface area (Å²) in [6.07, 6.45) is 0. The Balaban J connectivity index is 3.72. The topological polar surface area (TPSA) is 30.0 Å². The molecule has 0 saturated carbocycles. The van der Waals surface area contributed by atoms with E-state index >= 15 is 0 Å². The summed E-state index contributed by atoms with van der Waals surface area (Å²) < 4.78 is 13.9. The highest BCUT2D eigenvalue weighted by molar-refractivity contribution is 6.91. The van der Waals surface area contributed by atoms with E-state index in [-0.39, 0.29) is 21.1 Å². The van der Waals surface area contributed by atoms with E-state index in [2.05, 4.69) is 4.98 Å². The van der Waals surface area contributed by atoms with Gasteiger partial charge in [0.15, 0.2) is 11.0 Å². The third-order valence-electron chi connectivity index (χ3n) is 2.00. The van der Waals surface area contributed by atoms with Crippen LogP contribution in [0.2, 0.25) is 29.9 Å². The smallest absolute Gasteiger partial charge is 0.255 e. The molecule has 0 aromatic carbocycles. The third-order valence-corrected chi connectivity index (χ3v) is 4.68. The minimum absolute atomic E-state index is 0.0654. The summed E-state index contributed by atoms with van der Waals surface area (Å²) in [7, 11) is -2.14. The average molecular weight is 301 g/mol. The van der Waals surface area contributed by atoms with Crippen molar-refractivity contribution in [2.24, 2.45) is 0 Å². The Labute approximate surface area is 109 Å². The number of rotatable bonds is 2. The van der Waals surface area contributed by atoms with E-state index in [9.17, 15) is 9.18 Å². The van der Waals surface area contributed by atoms with Crippen LogP contribution in [0.3, 0.4) is 0 Å². The summed E-state index contributed by atoms with van der Waals surface area (Å²) in [6.45, 7) is 5.59. The van der Waals surface area contributed by atoms with Crippen molar-refractivity contribution in [2.45, 2.75) is 19.6 Å². The summed E-state index contributed by atoms with van der Waals surface area (Å²) in [5.41, 5.74) is -0.0654. The second-order valence-corrected chi connectivity index (χ2v) is 10.3. The predicted molar refractivity (Wildman–Crippen MR) is 67.4 cm³/mol. The van der Waals surface area contributed by atoms with Crippen molar-refractivity contribution < 1.29 is 9.18 Å². The molecular formula is C9H9Cl3FNOSi. The normalized spacial score (nSPS) is 11.7. The fraction of sp³-hybridized carbons (Fsp3) is 0.333. The van der Waals surface area contributed by atoms with Crippen LogP contribution in [0.1, 0.15) is 10.4 Å². The first kappa shape index (κ1) is 13.9. The zero-order valence-electron chi connectivity index (χ0n) is 8.87. The van der Waals surface area contributed by atoms with Gasteiger partial charge in [0, 0.05) is 0 Å². The van der Waals surface area contributed by atoms with Crippen LogP contribution in [0.5, 0.6) is 0 Å². The predicted octanol–water partition coefficient (Wildman–Crippen LogP) is 3.45. The van der Waals surface area contributed by atoms with Gasteiger partial charge in [-0.15, -0.1) is 0 Å². The Morgan fingerprint density at radius 2 is 1.75 bits per heavy atom. The molecule has 16 heavy (non-hydrogen) atoms. The van der Waals surface area contributed by atoms with Crippen LogP contribution in [0.15, 0.2) is 0 Å². The lowest BCUT2D eigenvalue weighted by Crippen LogP contribution is -2.44. The molecule has 0 aliphatic rings. The van der Waals surface area contributed by atoms with E-state index in [1.54, 1.807) is 0 Å². The maximum atomic E-state index is 13.9. The number of hydrogen-bond donors (Lipinski definition) is 0. The number of pyridine rings is 1. The number of halogens is 4. The Morgan fingerprint density at radius 3 is 2.12 bits per heavy atom. The van der Waals surface area contributed by atoms with Gasteiger partial charge >= 0.3 is 0 Å². The van der Waals surface area contributed by atoms with Crippen LogP contribution in [-0.2, 0) is 0 Å². The van der Waals surface area contributed by atoms with E-state index < -0.39 is 19.1 Å². The van der Waals surface area contributed by atoms with Crippen LogP contribution < -0.4 is 5.19 Å². The molecule has 0 aliphatic heterocycles. The van der Waals surface area contributed by atoms with Gasteiger partial charge in [-0.3, -0.25) is 4.79 Å². The maximum absolute atomic E-state index is 13.9. The molecule has 0 saturated heterocycles. The fourth-order valence-electron chi connectivity index (χ4n) is 1.39. The molecule has 1 rings (SSSR count). The molecule has 0 amide bonds. The highest BCUT2D eigenvalue weighted by Gasteiger charge is 2.31. The Morgan fingerprint density at radius 1 is 1.25 bits per heavy atom. The van der Waals surface area contributed by atoms with Gasteiger partial charge in [0.1, 0.15) is 5.15 Å². The molecule has 1 aromatic rings. The van der Waals surface area contributed by atoms with Crippen molar-refractivity contribution in [1.82, 2.24) is 4.98 Å². The monoisotopic (exact) mass is 299 g/mol. The molecule has 0 bridgehead atoms. The number of carbonyl (C=O) groups is 1. The lowest BCUT2D eigenvalue weighted by Gasteiger charge is -2.21. The molecule has 0 fully saturated rings. The summed E-state index contributed by atoms with van der Waals surface area (Å²) in [5.74, 6) is -0.700. The number of nitrogens with zero attached hydrogens (tertiary/aromatic N) is 1. The van der Waals surface area contributed by atoms with Crippen LogP contribution in [0.25, 0.3) is 0 Å². The molecular weight excluding hydrogens is 292 g/mol. The maximum Gasteiger partial charge on any atom is 0.255 e. The standard InChI is InChI=1S/C9H9Cl3FNOSi/c1-16(2,3)6-4(9(12)15)7(10)14-8(11)5(6)13/h1-3H3. The molecule has 1 aromatic heterocycles. The van der Waals surface area contributed by atoms with Gasteiger partial charge in [-0.05, 0) is 16.8 Å². The molecule has 88 valence electrons. The van der Waals surface area contributed by atoms with Crippen molar-refractivity contribution in [2.75, 3.05) is 0 Å². The fourth-order valence-corrected chi connectivity index (χ4v) is 4.11. The first-order chi connectivity index (χ1) is 7.16.